The zero-order valence-corrected chi connectivity index (χ0v) is 18.0. The Morgan fingerprint density at radius 2 is 1.73 bits per heavy atom. The zero-order valence-electron chi connectivity index (χ0n) is 16.5. The van der Waals surface area contributed by atoms with Crippen LogP contribution in [0.4, 0.5) is 11.5 Å². The van der Waals surface area contributed by atoms with Crippen LogP contribution in [-0.4, -0.2) is 55.1 Å². The van der Waals surface area contributed by atoms with Crippen LogP contribution >= 0.6 is 11.6 Å². The summed E-state index contributed by atoms with van der Waals surface area (Å²) in [6.45, 7) is 0.746. The third-order valence-corrected chi connectivity index (χ3v) is 4.72. The van der Waals surface area contributed by atoms with Crippen LogP contribution in [0.1, 0.15) is 5.56 Å². The lowest BCUT2D eigenvalue weighted by Gasteiger charge is -2.21. The molecule has 0 saturated carbocycles. The van der Waals surface area contributed by atoms with Gasteiger partial charge in [-0.25, -0.2) is 9.97 Å². The SMILES string of the molecule is COc1cc2ncnc(N3CCc4cc(O)c(Cl)cc43)c2cc1OC.CS(=O)(=O)O. The number of hydrogen-bond donors (Lipinski definition) is 2. The van der Waals surface area contributed by atoms with Crippen molar-refractivity contribution in [3.8, 4) is 17.2 Å². The molecule has 0 unspecified atom stereocenters. The van der Waals surface area contributed by atoms with Crippen LogP contribution in [0.2, 0.25) is 5.02 Å². The fraction of sp³-hybridized carbons (Fsp3) is 0.263. The maximum atomic E-state index is 9.83. The minimum Gasteiger partial charge on any atom is -0.506 e. The first-order chi connectivity index (χ1) is 14.1. The van der Waals surface area contributed by atoms with Gasteiger partial charge in [0.15, 0.2) is 11.5 Å². The Hall–Kier alpha value is -2.82. The molecule has 0 spiro atoms. The number of aromatic nitrogens is 2. The van der Waals surface area contributed by atoms with Crippen LogP contribution in [0.15, 0.2) is 30.6 Å². The lowest BCUT2D eigenvalue weighted by atomic mass is 10.1. The van der Waals surface area contributed by atoms with Crippen LogP contribution < -0.4 is 14.4 Å². The fourth-order valence-electron chi connectivity index (χ4n) is 3.20. The van der Waals surface area contributed by atoms with Crippen molar-refractivity contribution in [2.24, 2.45) is 0 Å². The number of hydrogen-bond acceptors (Lipinski definition) is 8. The van der Waals surface area contributed by atoms with Crippen LogP contribution in [0, 0.1) is 0 Å². The van der Waals surface area contributed by atoms with Gasteiger partial charge >= 0.3 is 0 Å². The lowest BCUT2D eigenvalue weighted by molar-refractivity contribution is 0.356. The van der Waals surface area contributed by atoms with Gasteiger partial charge < -0.3 is 19.5 Å². The highest BCUT2D eigenvalue weighted by atomic mass is 35.5. The first-order valence-corrected chi connectivity index (χ1v) is 10.9. The molecule has 11 heteroatoms. The van der Waals surface area contributed by atoms with Crippen molar-refractivity contribution < 1.29 is 27.6 Å². The molecular weight excluding hydrogens is 434 g/mol. The number of phenols is 1. The highest BCUT2D eigenvalue weighted by molar-refractivity contribution is 7.85. The van der Waals surface area contributed by atoms with Gasteiger partial charge in [0.2, 0.25) is 0 Å². The predicted octanol–water partition coefficient (Wildman–Crippen LogP) is 3.20. The van der Waals surface area contributed by atoms with Crippen LogP contribution in [-0.2, 0) is 16.5 Å². The van der Waals surface area contributed by atoms with Crippen molar-refractivity contribution >= 4 is 44.1 Å². The molecule has 0 fully saturated rings. The second-order valence-corrected chi connectivity index (χ2v) is 8.36. The average Bonchev–Trinajstić information content (AvgIpc) is 3.07. The van der Waals surface area contributed by atoms with E-state index in [9.17, 15) is 13.5 Å². The van der Waals surface area contributed by atoms with E-state index in [0.29, 0.717) is 22.8 Å². The Bertz CT molecular complexity index is 1190. The Labute approximate surface area is 178 Å². The number of anilines is 2. The third kappa shape index (κ3) is 4.66. The summed E-state index contributed by atoms with van der Waals surface area (Å²) in [6.07, 6.45) is 3.05. The molecule has 3 aromatic rings. The molecule has 1 aromatic heterocycles. The fourth-order valence-corrected chi connectivity index (χ4v) is 3.36. The van der Waals surface area contributed by atoms with E-state index in [0.717, 1.165) is 40.9 Å². The number of aromatic hydroxyl groups is 1. The van der Waals surface area contributed by atoms with Gasteiger partial charge in [0, 0.05) is 23.7 Å². The molecule has 0 bridgehead atoms. The van der Waals surface area contributed by atoms with E-state index in [1.165, 1.54) is 6.33 Å². The van der Waals surface area contributed by atoms with E-state index in [1.807, 2.05) is 12.1 Å². The number of methoxy groups -OCH3 is 2. The molecule has 0 atom stereocenters. The minimum absolute atomic E-state index is 0.0983. The first-order valence-electron chi connectivity index (χ1n) is 8.70. The molecular formula is C19H20ClN3O6S. The summed E-state index contributed by atoms with van der Waals surface area (Å²) in [5.41, 5.74) is 2.74. The van der Waals surface area contributed by atoms with E-state index in [1.54, 1.807) is 26.4 Å². The van der Waals surface area contributed by atoms with E-state index in [2.05, 4.69) is 14.9 Å². The lowest BCUT2D eigenvalue weighted by Crippen LogP contribution is -2.15. The summed E-state index contributed by atoms with van der Waals surface area (Å²) in [5.74, 6) is 2.11. The summed E-state index contributed by atoms with van der Waals surface area (Å²) in [6, 6.07) is 7.20. The van der Waals surface area contributed by atoms with Crippen LogP contribution in [0.5, 0.6) is 17.2 Å². The number of ether oxygens (including phenoxy) is 2. The number of fused-ring (bicyclic) bond motifs is 2. The molecule has 0 aliphatic carbocycles. The van der Waals surface area contributed by atoms with Gasteiger partial charge in [-0.05, 0) is 30.2 Å². The first kappa shape index (κ1) is 21.9. The Balaban J connectivity index is 0.000000461. The van der Waals surface area contributed by atoms with E-state index >= 15 is 0 Å². The molecule has 4 rings (SSSR count). The number of halogens is 1. The van der Waals surface area contributed by atoms with E-state index in [-0.39, 0.29) is 5.75 Å². The maximum Gasteiger partial charge on any atom is 0.261 e. The van der Waals surface area contributed by atoms with Crippen LogP contribution in [0.3, 0.4) is 0 Å². The highest BCUT2D eigenvalue weighted by Crippen LogP contribution is 2.42. The number of rotatable bonds is 3. The number of nitrogens with zero attached hydrogens (tertiary/aromatic N) is 3. The predicted molar refractivity (Wildman–Crippen MR) is 114 cm³/mol. The Morgan fingerprint density at radius 3 is 2.37 bits per heavy atom. The maximum absolute atomic E-state index is 9.83. The molecule has 2 heterocycles. The summed E-state index contributed by atoms with van der Waals surface area (Å²) in [5, 5.41) is 11.0. The Morgan fingerprint density at radius 1 is 1.10 bits per heavy atom. The standard InChI is InChI=1S/C18H16ClN3O3.CH4O3S/c1-24-16-6-11-13(8-17(16)25-2)20-9-21-18(11)22-4-3-10-5-15(23)12(19)7-14(10)22;1-5(2,3)4/h5-9,23H,3-4H2,1-2H3;1H3,(H,2,3,4). The van der Waals surface area contributed by atoms with Gasteiger partial charge in [-0.1, -0.05) is 11.6 Å². The molecule has 2 N–H and O–H groups in total. The van der Waals surface area contributed by atoms with Gasteiger partial charge in [0.25, 0.3) is 10.1 Å². The molecule has 0 amide bonds. The molecule has 2 aromatic carbocycles. The van der Waals surface area contributed by atoms with Crippen molar-refractivity contribution in [1.29, 1.82) is 0 Å². The van der Waals surface area contributed by atoms with E-state index in [4.69, 9.17) is 25.6 Å². The molecule has 1 aliphatic rings. The largest absolute Gasteiger partial charge is 0.506 e. The van der Waals surface area contributed by atoms with Gasteiger partial charge in [-0.2, -0.15) is 8.42 Å². The Kier molecular flexibility index (Phi) is 6.20. The molecule has 0 saturated heterocycles. The van der Waals surface area contributed by atoms with Crippen molar-refractivity contribution in [1.82, 2.24) is 9.97 Å². The zero-order chi connectivity index (χ0) is 22.1. The monoisotopic (exact) mass is 453 g/mol. The molecule has 0 radical (unpaired) electrons. The van der Waals surface area contributed by atoms with Gasteiger partial charge in [0.1, 0.15) is 17.9 Å². The molecule has 9 nitrogen and oxygen atoms in total. The van der Waals surface area contributed by atoms with Gasteiger partial charge in [-0.3, -0.25) is 4.55 Å². The second-order valence-electron chi connectivity index (χ2n) is 6.49. The number of benzene rings is 2. The average molecular weight is 454 g/mol. The summed E-state index contributed by atoms with van der Waals surface area (Å²) in [7, 11) is -0.474. The minimum atomic E-state index is -3.67. The summed E-state index contributed by atoms with van der Waals surface area (Å²) >= 11 is 6.10. The molecule has 1 aliphatic heterocycles. The second kappa shape index (κ2) is 8.50. The van der Waals surface area contributed by atoms with Crippen molar-refractivity contribution in [3.05, 3.63) is 41.2 Å². The smallest absolute Gasteiger partial charge is 0.261 e. The van der Waals surface area contributed by atoms with E-state index < -0.39 is 10.1 Å². The van der Waals surface area contributed by atoms with Crippen LogP contribution in [0.25, 0.3) is 10.9 Å². The number of phenolic OH excluding ortho intramolecular Hbond substituents is 1. The highest BCUT2D eigenvalue weighted by Gasteiger charge is 2.25. The molecule has 160 valence electrons. The van der Waals surface area contributed by atoms with Crippen molar-refractivity contribution in [3.63, 3.8) is 0 Å². The van der Waals surface area contributed by atoms with Gasteiger partial charge in [0.05, 0.1) is 31.0 Å². The normalized spacial score (nSPS) is 12.9. The summed E-state index contributed by atoms with van der Waals surface area (Å²) in [4.78, 5) is 10.9. The van der Waals surface area contributed by atoms with Crippen molar-refractivity contribution in [2.45, 2.75) is 6.42 Å². The molecule has 30 heavy (non-hydrogen) atoms. The topological polar surface area (TPSA) is 122 Å². The third-order valence-electron chi connectivity index (χ3n) is 4.42. The summed E-state index contributed by atoms with van der Waals surface area (Å²) < 4.78 is 36.6. The van der Waals surface area contributed by atoms with Gasteiger partial charge in [-0.15, -0.1) is 0 Å². The quantitative estimate of drug-likeness (QED) is 0.575. The van der Waals surface area contributed by atoms with Crippen molar-refractivity contribution in [2.75, 3.05) is 31.9 Å².